The highest BCUT2D eigenvalue weighted by atomic mass is 16.3. The van der Waals surface area contributed by atoms with Crippen LogP contribution in [-0.2, 0) is 0 Å². The maximum Gasteiger partial charge on any atom is 0.0935 e. The van der Waals surface area contributed by atoms with Crippen LogP contribution in [0.1, 0.15) is 42.7 Å². The van der Waals surface area contributed by atoms with E-state index in [2.05, 4.69) is 37.0 Å². The number of aryl methyl sites for hydroxylation is 1. The third kappa shape index (κ3) is 2.08. The molecule has 1 heterocycles. The summed E-state index contributed by atoms with van der Waals surface area (Å²) in [5.74, 6) is 0.484. The second-order valence-electron chi connectivity index (χ2n) is 4.87. The van der Waals surface area contributed by atoms with Crippen molar-refractivity contribution in [3.63, 3.8) is 0 Å². The monoisotopic (exact) mass is 232 g/mol. The number of aliphatic hydroxyl groups is 1. The Morgan fingerprint density at radius 3 is 2.65 bits per heavy atom. The number of aromatic amines is 1. The zero-order chi connectivity index (χ0) is 12.6. The average molecular weight is 232 g/mol. The molecule has 4 N–H and O–H groups in total. The third-order valence-electron chi connectivity index (χ3n) is 3.28. The van der Waals surface area contributed by atoms with Crippen LogP contribution in [0.3, 0.4) is 0 Å². The van der Waals surface area contributed by atoms with Crippen molar-refractivity contribution in [1.29, 1.82) is 0 Å². The number of rotatable bonds is 3. The number of nitrogens with two attached hydrogens (primary N) is 1. The summed E-state index contributed by atoms with van der Waals surface area (Å²) in [6, 6.07) is 6.35. The minimum atomic E-state index is -0.592. The van der Waals surface area contributed by atoms with E-state index in [0.717, 1.165) is 22.2 Å². The number of aromatic nitrogens is 1. The van der Waals surface area contributed by atoms with Crippen molar-refractivity contribution in [2.75, 3.05) is 6.54 Å². The molecule has 3 nitrogen and oxygen atoms in total. The second-order valence-corrected chi connectivity index (χ2v) is 4.87. The summed E-state index contributed by atoms with van der Waals surface area (Å²) >= 11 is 0. The molecule has 1 unspecified atom stereocenters. The number of hydrogen-bond acceptors (Lipinski definition) is 2. The Hall–Kier alpha value is -1.32. The third-order valence-corrected chi connectivity index (χ3v) is 3.28. The van der Waals surface area contributed by atoms with Gasteiger partial charge in [-0.25, -0.2) is 0 Å². The van der Waals surface area contributed by atoms with Gasteiger partial charge in [0.25, 0.3) is 0 Å². The van der Waals surface area contributed by atoms with Gasteiger partial charge in [-0.05, 0) is 30.5 Å². The highest BCUT2D eigenvalue weighted by Crippen LogP contribution is 2.30. The van der Waals surface area contributed by atoms with E-state index in [1.54, 1.807) is 0 Å². The van der Waals surface area contributed by atoms with Crippen LogP contribution >= 0.6 is 0 Å². The molecule has 1 aromatic carbocycles. The van der Waals surface area contributed by atoms with Gasteiger partial charge in [-0.1, -0.05) is 19.9 Å². The molecule has 0 radical (unpaired) electrons. The predicted octanol–water partition coefficient (Wildman–Crippen LogP) is 2.59. The van der Waals surface area contributed by atoms with Gasteiger partial charge in [0, 0.05) is 28.7 Å². The Bertz CT molecular complexity index is 528. The first kappa shape index (κ1) is 12.1. The normalized spacial score (nSPS) is 13.5. The molecular weight excluding hydrogens is 212 g/mol. The molecule has 2 aromatic rings. The minimum Gasteiger partial charge on any atom is -0.387 e. The number of nitrogens with one attached hydrogen (secondary N) is 1. The van der Waals surface area contributed by atoms with E-state index in [1.165, 1.54) is 5.56 Å². The van der Waals surface area contributed by atoms with Crippen LogP contribution in [0.5, 0.6) is 0 Å². The number of hydrogen-bond donors (Lipinski definition) is 3. The molecule has 2 rings (SSSR count). The van der Waals surface area contributed by atoms with Crippen LogP contribution in [-0.4, -0.2) is 16.6 Å². The molecule has 0 aliphatic heterocycles. The Morgan fingerprint density at radius 2 is 2.06 bits per heavy atom. The average Bonchev–Trinajstić information content (AvgIpc) is 2.62. The molecule has 0 spiro atoms. The lowest BCUT2D eigenvalue weighted by molar-refractivity contribution is 0.187. The largest absolute Gasteiger partial charge is 0.387 e. The van der Waals surface area contributed by atoms with Crippen LogP contribution < -0.4 is 5.73 Å². The highest BCUT2D eigenvalue weighted by Gasteiger charge is 2.16. The summed E-state index contributed by atoms with van der Waals surface area (Å²) < 4.78 is 0. The first-order valence-electron chi connectivity index (χ1n) is 6.04. The summed E-state index contributed by atoms with van der Waals surface area (Å²) in [5.41, 5.74) is 9.84. The first-order chi connectivity index (χ1) is 8.04. The van der Waals surface area contributed by atoms with Crippen molar-refractivity contribution in [3.8, 4) is 0 Å². The van der Waals surface area contributed by atoms with Gasteiger partial charge in [0.05, 0.1) is 6.10 Å². The summed E-state index contributed by atoms with van der Waals surface area (Å²) in [6.45, 7) is 6.56. The van der Waals surface area contributed by atoms with Gasteiger partial charge in [0.2, 0.25) is 0 Å². The molecule has 0 aliphatic rings. The SMILES string of the molecule is Cc1[nH]c2ccc(C(C)C)cc2c1C(O)CN. The molecule has 1 aromatic heterocycles. The Labute approximate surface area is 102 Å². The van der Waals surface area contributed by atoms with Crippen LogP contribution in [0.2, 0.25) is 0 Å². The van der Waals surface area contributed by atoms with Crippen molar-refractivity contribution in [3.05, 3.63) is 35.0 Å². The maximum atomic E-state index is 9.98. The first-order valence-corrected chi connectivity index (χ1v) is 6.04. The van der Waals surface area contributed by atoms with Gasteiger partial charge in [-0.15, -0.1) is 0 Å². The molecule has 0 amide bonds. The number of benzene rings is 1. The fourth-order valence-electron chi connectivity index (χ4n) is 2.27. The molecule has 0 saturated heterocycles. The minimum absolute atomic E-state index is 0.250. The summed E-state index contributed by atoms with van der Waals surface area (Å²) in [7, 11) is 0. The van der Waals surface area contributed by atoms with E-state index >= 15 is 0 Å². The van der Waals surface area contributed by atoms with E-state index in [1.807, 2.05) is 6.92 Å². The number of H-pyrrole nitrogens is 1. The fraction of sp³-hybridized carbons (Fsp3) is 0.429. The van der Waals surface area contributed by atoms with Crippen molar-refractivity contribution < 1.29 is 5.11 Å². The van der Waals surface area contributed by atoms with Crippen molar-refractivity contribution >= 4 is 10.9 Å². The summed E-state index contributed by atoms with van der Waals surface area (Å²) in [5, 5.41) is 11.1. The Kier molecular flexibility index (Phi) is 3.22. The van der Waals surface area contributed by atoms with E-state index < -0.39 is 6.10 Å². The predicted molar refractivity (Wildman–Crippen MR) is 71.1 cm³/mol. The number of aliphatic hydroxyl groups excluding tert-OH is 1. The quantitative estimate of drug-likeness (QED) is 0.761. The van der Waals surface area contributed by atoms with Gasteiger partial charge in [0.15, 0.2) is 0 Å². The molecule has 92 valence electrons. The van der Waals surface area contributed by atoms with Crippen LogP contribution in [0.15, 0.2) is 18.2 Å². The molecule has 0 bridgehead atoms. The lowest BCUT2D eigenvalue weighted by Gasteiger charge is -2.10. The summed E-state index contributed by atoms with van der Waals surface area (Å²) in [4.78, 5) is 3.29. The van der Waals surface area contributed by atoms with E-state index in [4.69, 9.17) is 5.73 Å². The van der Waals surface area contributed by atoms with Crippen molar-refractivity contribution in [2.45, 2.75) is 32.8 Å². The van der Waals surface area contributed by atoms with Crippen LogP contribution in [0.4, 0.5) is 0 Å². The summed E-state index contributed by atoms with van der Waals surface area (Å²) in [6.07, 6.45) is -0.592. The van der Waals surface area contributed by atoms with Gasteiger partial charge in [-0.2, -0.15) is 0 Å². The zero-order valence-corrected chi connectivity index (χ0v) is 10.6. The standard InChI is InChI=1S/C14H20N2O/c1-8(2)10-4-5-12-11(6-10)14(9(3)16-12)13(17)7-15/h4-6,8,13,16-17H,7,15H2,1-3H3. The molecular formula is C14H20N2O. The molecule has 0 saturated carbocycles. The van der Waals surface area contributed by atoms with Crippen LogP contribution in [0.25, 0.3) is 10.9 Å². The molecule has 0 aliphatic carbocycles. The van der Waals surface area contributed by atoms with E-state index in [-0.39, 0.29) is 6.54 Å². The van der Waals surface area contributed by atoms with Crippen LogP contribution in [0, 0.1) is 6.92 Å². The smallest absolute Gasteiger partial charge is 0.0935 e. The Balaban J connectivity index is 2.65. The van der Waals surface area contributed by atoms with Gasteiger partial charge < -0.3 is 15.8 Å². The topological polar surface area (TPSA) is 62.0 Å². The lowest BCUT2D eigenvalue weighted by atomic mass is 9.98. The van der Waals surface area contributed by atoms with E-state index in [9.17, 15) is 5.11 Å². The molecule has 0 fully saturated rings. The van der Waals surface area contributed by atoms with Gasteiger partial charge in [-0.3, -0.25) is 0 Å². The van der Waals surface area contributed by atoms with Gasteiger partial charge in [0.1, 0.15) is 0 Å². The van der Waals surface area contributed by atoms with Gasteiger partial charge >= 0.3 is 0 Å². The Morgan fingerprint density at radius 1 is 1.35 bits per heavy atom. The highest BCUT2D eigenvalue weighted by molar-refractivity contribution is 5.85. The fourth-order valence-corrected chi connectivity index (χ4v) is 2.27. The molecule has 3 heteroatoms. The van der Waals surface area contributed by atoms with Crippen molar-refractivity contribution in [2.24, 2.45) is 5.73 Å². The molecule has 17 heavy (non-hydrogen) atoms. The second kappa shape index (κ2) is 4.51. The zero-order valence-electron chi connectivity index (χ0n) is 10.6. The maximum absolute atomic E-state index is 9.98. The lowest BCUT2D eigenvalue weighted by Crippen LogP contribution is -2.12. The number of fused-ring (bicyclic) bond motifs is 1. The van der Waals surface area contributed by atoms with Crippen molar-refractivity contribution in [1.82, 2.24) is 4.98 Å². The molecule has 1 atom stereocenters. The van der Waals surface area contributed by atoms with E-state index in [0.29, 0.717) is 5.92 Å².